The van der Waals surface area contributed by atoms with Crippen LogP contribution in [0.25, 0.3) is 11.0 Å². The quantitative estimate of drug-likeness (QED) is 0.143. The van der Waals surface area contributed by atoms with Crippen LogP contribution in [-0.2, 0) is 31.1 Å². The number of anilines is 2. The Labute approximate surface area is 386 Å². The fourth-order valence-electron chi connectivity index (χ4n) is 10.6. The van der Waals surface area contributed by atoms with E-state index < -0.39 is 47.4 Å². The average molecular weight is 892 g/mol. The number of nitrogens with zero attached hydrogens (tertiary/aromatic N) is 8. The van der Waals surface area contributed by atoms with Crippen LogP contribution in [0.4, 0.5) is 11.6 Å². The second-order valence-electron chi connectivity index (χ2n) is 17.0. The maximum absolute atomic E-state index is 16.0. The number of para-hydroxylation sites is 1. The Morgan fingerprint density at radius 1 is 0.806 bits per heavy atom. The summed E-state index contributed by atoms with van der Waals surface area (Å²) in [4.78, 5) is 61.8. The van der Waals surface area contributed by atoms with E-state index in [1.807, 2.05) is 120 Å². The molecule has 2 N–H and O–H groups in total. The number of morpholine rings is 1. The normalized spacial score (nSPS) is 23.3. The molecule has 7 aromatic rings. The summed E-state index contributed by atoms with van der Waals surface area (Å²) in [6.45, 7) is 1.68. The number of carbonyl (C=O) groups is 3. The third-order valence-electron chi connectivity index (χ3n) is 13.4. The molecule has 6 atom stereocenters. The van der Waals surface area contributed by atoms with Crippen molar-refractivity contribution in [3.8, 4) is 17.6 Å². The minimum absolute atomic E-state index is 0.0918. The lowest BCUT2D eigenvalue weighted by Crippen LogP contribution is -2.58. The van der Waals surface area contributed by atoms with Crippen molar-refractivity contribution < 1.29 is 29.0 Å². The Hall–Kier alpha value is -7.93. The molecule has 2 aromatic heterocycles. The van der Waals surface area contributed by atoms with Crippen LogP contribution in [0.1, 0.15) is 46.0 Å². The third kappa shape index (κ3) is 7.22. The molecule has 4 aliphatic rings. The SMILES string of the molecule is O=C1O[C@@H](c2ccccc2)[C@@H](c2ccccc2)N2[C@@H](c3ccc(OCCO)cc3)[C@]3(C(=O)Nc4ccc(C#CCn5nnc6ccccc65)cc43)[C@@H](C(=O)N3CCN(c4ncccn4)CC3)[C@H]12. The lowest BCUT2D eigenvalue weighted by atomic mass is 9.65. The molecule has 334 valence electrons. The predicted octanol–water partition coefficient (Wildman–Crippen LogP) is 5.26. The lowest BCUT2D eigenvalue weighted by Gasteiger charge is -2.46. The topological polar surface area (TPSA) is 168 Å². The largest absolute Gasteiger partial charge is 0.491 e. The standard InChI is InChI=1S/C52H45N9O6/c62-31-32-66-38-21-19-37(20-22-38)47-52(39-33-34(18-23-40(39)55-50(52)65)11-9-26-60-42-17-8-7-16-41(42)56-57-60)43(48(63)58-27-29-59(30-28-58)51-53-24-10-25-54-51)45-49(64)67-46(36-14-5-2-6-15-36)44(61(45)47)35-12-3-1-4-13-35/h1-8,10,12-25,33,43-47,62H,26-32H2,(H,55,65)/t43-,44-,45-,46+,47+,52-/m1/s1. The number of amides is 2. The van der Waals surface area contributed by atoms with Crippen LogP contribution in [0.2, 0.25) is 0 Å². The monoisotopic (exact) mass is 891 g/mol. The summed E-state index contributed by atoms with van der Waals surface area (Å²) in [6, 6.07) is 39.0. The summed E-state index contributed by atoms with van der Waals surface area (Å²) < 4.78 is 14.2. The molecule has 67 heavy (non-hydrogen) atoms. The van der Waals surface area contributed by atoms with Crippen molar-refractivity contribution in [2.45, 2.75) is 36.2 Å². The molecule has 0 saturated carbocycles. The molecule has 11 rings (SSSR count). The molecule has 15 nitrogen and oxygen atoms in total. The van der Waals surface area contributed by atoms with Gasteiger partial charge in [0.2, 0.25) is 17.8 Å². The average Bonchev–Trinajstić information content (AvgIpc) is 4.04. The first kappa shape index (κ1) is 41.8. The van der Waals surface area contributed by atoms with Crippen molar-refractivity contribution in [2.75, 3.05) is 49.6 Å². The number of carbonyl (C=O) groups excluding carboxylic acids is 3. The number of aliphatic hydroxyl groups excluding tert-OH is 1. The van der Waals surface area contributed by atoms with Crippen molar-refractivity contribution >= 4 is 40.5 Å². The number of aromatic nitrogens is 5. The van der Waals surface area contributed by atoms with Gasteiger partial charge >= 0.3 is 5.97 Å². The molecular formula is C52H45N9O6. The van der Waals surface area contributed by atoms with Gasteiger partial charge in [0.25, 0.3) is 0 Å². The summed E-state index contributed by atoms with van der Waals surface area (Å²) in [5.41, 5.74) is 3.92. The molecule has 1 spiro atoms. The first-order valence-corrected chi connectivity index (χ1v) is 22.4. The number of ether oxygens (including phenoxy) is 2. The second-order valence-corrected chi connectivity index (χ2v) is 17.0. The highest BCUT2D eigenvalue weighted by molar-refractivity contribution is 6.12. The van der Waals surface area contributed by atoms with E-state index in [9.17, 15) is 5.11 Å². The first-order chi connectivity index (χ1) is 32.9. The van der Waals surface area contributed by atoms with Gasteiger partial charge in [0, 0.05) is 49.8 Å². The molecule has 5 aromatic carbocycles. The summed E-state index contributed by atoms with van der Waals surface area (Å²) >= 11 is 0. The van der Waals surface area contributed by atoms with Gasteiger partial charge in [-0.2, -0.15) is 0 Å². The van der Waals surface area contributed by atoms with Crippen molar-refractivity contribution in [1.82, 2.24) is 34.8 Å². The van der Waals surface area contributed by atoms with Crippen LogP contribution in [0.3, 0.4) is 0 Å². The van der Waals surface area contributed by atoms with E-state index in [0.717, 1.165) is 22.2 Å². The summed E-state index contributed by atoms with van der Waals surface area (Å²) in [5.74, 6) is 5.04. The van der Waals surface area contributed by atoms with Gasteiger partial charge in [-0.05, 0) is 70.8 Å². The summed E-state index contributed by atoms with van der Waals surface area (Å²) in [7, 11) is 0. The minimum atomic E-state index is -1.69. The van der Waals surface area contributed by atoms with Crippen LogP contribution in [0.15, 0.2) is 146 Å². The highest BCUT2D eigenvalue weighted by atomic mass is 16.6. The van der Waals surface area contributed by atoms with Crippen LogP contribution in [-0.4, -0.2) is 103 Å². The number of benzene rings is 5. The van der Waals surface area contributed by atoms with Crippen molar-refractivity contribution in [2.24, 2.45) is 5.92 Å². The number of aliphatic hydroxyl groups is 1. The van der Waals surface area contributed by atoms with E-state index in [0.29, 0.717) is 60.3 Å². The number of nitrogens with one attached hydrogen (secondary N) is 1. The molecule has 2 amide bonds. The van der Waals surface area contributed by atoms with Gasteiger partial charge in [-0.1, -0.05) is 102 Å². The Bertz CT molecular complexity index is 3030. The molecule has 6 heterocycles. The highest BCUT2D eigenvalue weighted by Gasteiger charge is 2.74. The van der Waals surface area contributed by atoms with Crippen molar-refractivity contribution in [3.63, 3.8) is 0 Å². The lowest BCUT2D eigenvalue weighted by molar-refractivity contribution is -0.179. The molecular weight excluding hydrogens is 847 g/mol. The van der Waals surface area contributed by atoms with Gasteiger partial charge in [-0.3, -0.25) is 19.3 Å². The number of fused-ring (bicyclic) bond motifs is 4. The van der Waals surface area contributed by atoms with Crippen LogP contribution in [0, 0.1) is 17.8 Å². The molecule has 3 fully saturated rings. The zero-order valence-electron chi connectivity index (χ0n) is 36.3. The maximum atomic E-state index is 16.0. The van der Waals surface area contributed by atoms with E-state index in [1.165, 1.54) is 0 Å². The Morgan fingerprint density at radius 3 is 2.27 bits per heavy atom. The van der Waals surface area contributed by atoms with Gasteiger partial charge in [0.05, 0.1) is 30.1 Å². The summed E-state index contributed by atoms with van der Waals surface area (Å²) in [5, 5.41) is 21.4. The van der Waals surface area contributed by atoms with Crippen molar-refractivity contribution in [3.05, 3.63) is 174 Å². The zero-order valence-corrected chi connectivity index (χ0v) is 36.3. The Morgan fingerprint density at radius 2 is 1.52 bits per heavy atom. The highest BCUT2D eigenvalue weighted by Crippen LogP contribution is 2.65. The number of rotatable bonds is 9. The van der Waals surface area contributed by atoms with E-state index in [1.54, 1.807) is 40.2 Å². The van der Waals surface area contributed by atoms with Gasteiger partial charge in [-0.25, -0.2) is 14.6 Å². The number of esters is 1. The van der Waals surface area contributed by atoms with Crippen molar-refractivity contribution in [1.29, 1.82) is 0 Å². The number of hydrogen-bond donors (Lipinski definition) is 2. The maximum Gasteiger partial charge on any atom is 0.324 e. The number of hydrogen-bond acceptors (Lipinski definition) is 12. The number of piperazine rings is 1. The predicted molar refractivity (Wildman–Crippen MR) is 247 cm³/mol. The van der Waals surface area contributed by atoms with Gasteiger partial charge in [0.1, 0.15) is 42.0 Å². The van der Waals surface area contributed by atoms with Crippen LogP contribution < -0.4 is 15.0 Å². The Kier molecular flexibility index (Phi) is 10.9. The van der Waals surface area contributed by atoms with Gasteiger partial charge in [-0.15, -0.1) is 5.10 Å². The molecule has 0 unspecified atom stereocenters. The van der Waals surface area contributed by atoms with E-state index in [4.69, 9.17) is 9.47 Å². The molecule has 15 heteroatoms. The smallest absolute Gasteiger partial charge is 0.324 e. The van der Waals surface area contributed by atoms with E-state index in [2.05, 4.69) is 42.3 Å². The molecule has 0 radical (unpaired) electrons. The molecule has 4 aliphatic heterocycles. The van der Waals surface area contributed by atoms with Gasteiger partial charge in [0.15, 0.2) is 0 Å². The fraction of sp³-hybridized carbons (Fsp3) is 0.250. The van der Waals surface area contributed by atoms with Crippen LogP contribution >= 0.6 is 0 Å². The molecule has 3 saturated heterocycles. The molecule has 0 aliphatic carbocycles. The minimum Gasteiger partial charge on any atom is -0.491 e. The fourth-order valence-corrected chi connectivity index (χ4v) is 10.6. The third-order valence-corrected chi connectivity index (χ3v) is 13.4. The number of cyclic esters (lactones) is 1. The van der Waals surface area contributed by atoms with E-state index >= 15 is 14.4 Å². The van der Waals surface area contributed by atoms with Crippen LogP contribution in [0.5, 0.6) is 5.75 Å². The van der Waals surface area contributed by atoms with Gasteiger partial charge < -0.3 is 29.7 Å². The second kappa shape index (κ2) is 17.5. The summed E-state index contributed by atoms with van der Waals surface area (Å²) in [6.07, 6.45) is 2.57. The zero-order chi connectivity index (χ0) is 45.5. The molecule has 0 bridgehead atoms. The first-order valence-electron chi connectivity index (χ1n) is 22.4. The van der Waals surface area contributed by atoms with E-state index in [-0.39, 0.29) is 25.7 Å². The Balaban J connectivity index is 1.10.